The molecule has 3 N–H and O–H groups in total. The van der Waals surface area contributed by atoms with E-state index in [1.165, 1.54) is 29.7 Å². The van der Waals surface area contributed by atoms with E-state index < -0.39 is 0 Å². The molecule has 0 saturated heterocycles. The molecule has 0 atom stereocenters. The smallest absolute Gasteiger partial charge is 0.271 e. The summed E-state index contributed by atoms with van der Waals surface area (Å²) in [4.78, 5) is 16.9. The fourth-order valence-corrected chi connectivity index (χ4v) is 4.17. The van der Waals surface area contributed by atoms with Gasteiger partial charge in [-0.1, -0.05) is 46.9 Å². The van der Waals surface area contributed by atoms with Crippen LogP contribution in [0.3, 0.4) is 0 Å². The molecule has 0 bridgehead atoms. The number of phenols is 1. The number of hydrogen-bond acceptors (Lipinski definition) is 6. The number of nitrogens with zero attached hydrogens (tertiary/aromatic N) is 2. The normalized spacial score (nSPS) is 11.0. The predicted octanol–water partition coefficient (Wildman–Crippen LogP) is 6.98. The van der Waals surface area contributed by atoms with E-state index in [1.807, 2.05) is 29.6 Å². The fraction of sp³-hybridized carbons (Fsp3) is 0. The number of nitrogens with one attached hydrogen (secondary N) is 2. The molecule has 166 valence electrons. The summed E-state index contributed by atoms with van der Waals surface area (Å²) in [6.07, 6.45) is 1.38. The molecule has 0 aliphatic carbocycles. The third-order valence-corrected chi connectivity index (χ3v) is 6.05. The van der Waals surface area contributed by atoms with Crippen LogP contribution in [-0.2, 0) is 0 Å². The summed E-state index contributed by atoms with van der Waals surface area (Å²) in [5.74, 6) is -0.579. The summed E-state index contributed by atoms with van der Waals surface area (Å²) in [5.41, 5.74) is 5.98. The molecule has 33 heavy (non-hydrogen) atoms. The average molecular weight is 518 g/mol. The van der Waals surface area contributed by atoms with Crippen molar-refractivity contribution < 1.29 is 9.90 Å². The van der Waals surface area contributed by atoms with Crippen LogP contribution in [0.2, 0.25) is 15.1 Å². The lowest BCUT2D eigenvalue weighted by molar-refractivity contribution is 0.0955. The molecule has 0 unspecified atom stereocenters. The number of thiazole rings is 1. The summed E-state index contributed by atoms with van der Waals surface area (Å²) >= 11 is 19.1. The highest BCUT2D eigenvalue weighted by atomic mass is 35.5. The highest BCUT2D eigenvalue weighted by Crippen LogP contribution is 2.32. The monoisotopic (exact) mass is 516 g/mol. The van der Waals surface area contributed by atoms with Crippen LogP contribution in [0.1, 0.15) is 15.9 Å². The number of rotatable bonds is 6. The van der Waals surface area contributed by atoms with Gasteiger partial charge in [0, 0.05) is 27.2 Å². The molecular formula is C23H15Cl3N4O2S. The number of carbonyl (C=O) groups excluding carboxylic acids is 1. The van der Waals surface area contributed by atoms with E-state index >= 15 is 0 Å². The van der Waals surface area contributed by atoms with Crippen LogP contribution in [0, 0.1) is 0 Å². The first-order valence-corrected chi connectivity index (χ1v) is 11.5. The molecule has 0 radical (unpaired) electrons. The van der Waals surface area contributed by atoms with Crippen molar-refractivity contribution in [3.8, 4) is 17.0 Å². The van der Waals surface area contributed by atoms with Crippen molar-refractivity contribution in [3.63, 3.8) is 0 Å². The number of hydrogen-bond donors (Lipinski definition) is 3. The molecular weight excluding hydrogens is 503 g/mol. The summed E-state index contributed by atoms with van der Waals surface area (Å²) in [6, 6.07) is 17.4. The lowest BCUT2D eigenvalue weighted by Crippen LogP contribution is -2.17. The Labute approximate surface area is 208 Å². The minimum Gasteiger partial charge on any atom is -0.505 e. The first kappa shape index (κ1) is 23.1. The van der Waals surface area contributed by atoms with Crippen molar-refractivity contribution in [2.75, 3.05) is 5.32 Å². The zero-order chi connectivity index (χ0) is 23.4. The number of anilines is 2. The number of amides is 1. The number of halogens is 3. The van der Waals surface area contributed by atoms with Gasteiger partial charge in [-0.25, -0.2) is 10.4 Å². The Balaban J connectivity index is 1.38. The second-order valence-corrected chi connectivity index (χ2v) is 8.89. The maximum atomic E-state index is 12.4. The standard InChI is InChI=1S/C23H15Cl3N4O2S/c24-16-5-7-17(8-6-16)28-23-29-20(12-33-23)14-1-3-15(4-2-14)22(32)30-27-11-13-9-18(25)21(31)19(26)10-13/h1-12,31H,(H,28,29)(H,30,32)/b27-11-. The third kappa shape index (κ3) is 5.83. The molecule has 0 fully saturated rings. The number of hydrazone groups is 1. The van der Waals surface area contributed by atoms with Crippen LogP contribution in [0.4, 0.5) is 10.8 Å². The van der Waals surface area contributed by atoms with Gasteiger partial charge in [0.1, 0.15) is 0 Å². The van der Waals surface area contributed by atoms with E-state index in [0.29, 0.717) is 16.1 Å². The Kier molecular flexibility index (Phi) is 7.15. The van der Waals surface area contributed by atoms with Gasteiger partial charge >= 0.3 is 0 Å². The highest BCUT2D eigenvalue weighted by Gasteiger charge is 2.09. The van der Waals surface area contributed by atoms with Crippen molar-refractivity contribution in [2.45, 2.75) is 0 Å². The average Bonchev–Trinajstić information content (AvgIpc) is 3.27. The molecule has 4 aromatic rings. The molecule has 6 nitrogen and oxygen atoms in total. The number of aromatic hydroxyl groups is 1. The quantitative estimate of drug-likeness (QED) is 0.190. The molecule has 3 aromatic carbocycles. The van der Waals surface area contributed by atoms with Crippen LogP contribution in [0.25, 0.3) is 11.3 Å². The van der Waals surface area contributed by atoms with Gasteiger partial charge in [-0.2, -0.15) is 5.10 Å². The number of benzene rings is 3. The maximum absolute atomic E-state index is 12.4. The molecule has 0 spiro atoms. The van der Waals surface area contributed by atoms with Gasteiger partial charge in [0.25, 0.3) is 5.91 Å². The van der Waals surface area contributed by atoms with Crippen LogP contribution in [0.5, 0.6) is 5.75 Å². The maximum Gasteiger partial charge on any atom is 0.271 e. The summed E-state index contributed by atoms with van der Waals surface area (Å²) < 4.78 is 0. The molecule has 4 rings (SSSR count). The number of phenolic OH excluding ortho intramolecular Hbond substituents is 1. The van der Waals surface area contributed by atoms with E-state index in [9.17, 15) is 9.90 Å². The molecule has 1 aromatic heterocycles. The van der Waals surface area contributed by atoms with Gasteiger partial charge in [0.15, 0.2) is 10.9 Å². The number of carbonyl (C=O) groups is 1. The lowest BCUT2D eigenvalue weighted by atomic mass is 10.1. The predicted molar refractivity (Wildman–Crippen MR) is 135 cm³/mol. The Hall–Kier alpha value is -3.10. The van der Waals surface area contributed by atoms with E-state index in [-0.39, 0.29) is 21.7 Å². The van der Waals surface area contributed by atoms with E-state index in [0.717, 1.165) is 22.1 Å². The largest absolute Gasteiger partial charge is 0.505 e. The van der Waals surface area contributed by atoms with Crippen LogP contribution in [0.15, 0.2) is 71.1 Å². The van der Waals surface area contributed by atoms with E-state index in [2.05, 4.69) is 20.8 Å². The van der Waals surface area contributed by atoms with Gasteiger partial charge in [-0.05, 0) is 54.1 Å². The van der Waals surface area contributed by atoms with Gasteiger partial charge in [-0.15, -0.1) is 11.3 Å². The van der Waals surface area contributed by atoms with Crippen LogP contribution in [-0.4, -0.2) is 22.2 Å². The van der Waals surface area contributed by atoms with Gasteiger partial charge in [0.05, 0.1) is 22.0 Å². The zero-order valence-electron chi connectivity index (χ0n) is 16.7. The topological polar surface area (TPSA) is 86.6 Å². The summed E-state index contributed by atoms with van der Waals surface area (Å²) in [6.45, 7) is 0. The first-order chi connectivity index (χ1) is 15.9. The van der Waals surface area contributed by atoms with Crippen molar-refractivity contribution in [2.24, 2.45) is 5.10 Å². The molecule has 1 heterocycles. The Bertz CT molecular complexity index is 1300. The molecule has 0 saturated carbocycles. The Morgan fingerprint density at radius 2 is 1.67 bits per heavy atom. The third-order valence-electron chi connectivity index (χ3n) is 4.46. The second kappa shape index (κ2) is 10.2. The lowest BCUT2D eigenvalue weighted by Gasteiger charge is -2.03. The van der Waals surface area contributed by atoms with Crippen LogP contribution < -0.4 is 10.7 Å². The van der Waals surface area contributed by atoms with Gasteiger partial charge in [0.2, 0.25) is 0 Å². The molecule has 0 aliphatic rings. The van der Waals surface area contributed by atoms with Gasteiger partial charge < -0.3 is 10.4 Å². The summed E-state index contributed by atoms with van der Waals surface area (Å²) in [7, 11) is 0. The van der Waals surface area contributed by atoms with Crippen molar-refractivity contribution in [3.05, 3.63) is 92.2 Å². The second-order valence-electron chi connectivity index (χ2n) is 6.78. The fourth-order valence-electron chi connectivity index (χ4n) is 2.80. The zero-order valence-corrected chi connectivity index (χ0v) is 19.8. The highest BCUT2D eigenvalue weighted by molar-refractivity contribution is 7.14. The Morgan fingerprint density at radius 1 is 1.00 bits per heavy atom. The molecule has 0 aliphatic heterocycles. The Morgan fingerprint density at radius 3 is 2.33 bits per heavy atom. The van der Waals surface area contributed by atoms with Crippen molar-refractivity contribution in [1.29, 1.82) is 0 Å². The number of aromatic nitrogens is 1. The van der Waals surface area contributed by atoms with Gasteiger partial charge in [-0.3, -0.25) is 4.79 Å². The minimum absolute atomic E-state index is 0.0967. The minimum atomic E-state index is -0.378. The van der Waals surface area contributed by atoms with Crippen molar-refractivity contribution in [1.82, 2.24) is 10.4 Å². The van der Waals surface area contributed by atoms with E-state index in [4.69, 9.17) is 34.8 Å². The van der Waals surface area contributed by atoms with E-state index in [1.54, 1.807) is 24.3 Å². The van der Waals surface area contributed by atoms with Crippen LogP contribution >= 0.6 is 46.1 Å². The molecule has 10 heteroatoms. The summed E-state index contributed by atoms with van der Waals surface area (Å²) in [5, 5.41) is 20.3. The van der Waals surface area contributed by atoms with Crippen molar-refractivity contribution >= 4 is 69.1 Å². The SMILES string of the molecule is O=C(N/N=C\c1cc(Cl)c(O)c(Cl)c1)c1ccc(-c2csc(Nc3ccc(Cl)cc3)n2)cc1. The first-order valence-electron chi connectivity index (χ1n) is 9.49. The molecule has 1 amide bonds.